The van der Waals surface area contributed by atoms with Crippen LogP contribution < -0.4 is 0 Å². The van der Waals surface area contributed by atoms with E-state index in [2.05, 4.69) is 44.5 Å². The zero-order valence-corrected chi connectivity index (χ0v) is 12.9. The smallest absolute Gasteiger partial charge is 0.0739 e. The van der Waals surface area contributed by atoms with Crippen molar-refractivity contribution in [2.75, 3.05) is 13.1 Å². The van der Waals surface area contributed by atoms with Gasteiger partial charge in [-0.05, 0) is 54.5 Å². The van der Waals surface area contributed by atoms with Crippen molar-refractivity contribution < 1.29 is 0 Å². The van der Waals surface area contributed by atoms with Crippen LogP contribution in [0, 0.1) is 18.8 Å². The molecule has 3 nitrogen and oxygen atoms in total. The Bertz CT molecular complexity index is 428. The Kier molecular flexibility index (Phi) is 3.50. The lowest BCUT2D eigenvalue weighted by Gasteiger charge is -2.17. The predicted molar refractivity (Wildman–Crippen MR) is 76.4 cm³/mol. The van der Waals surface area contributed by atoms with E-state index in [9.17, 15) is 0 Å². The lowest BCUT2D eigenvalue weighted by atomic mass is 10.0. The molecular formula is C14H22BrN3. The molecule has 1 aromatic rings. The second kappa shape index (κ2) is 4.97. The van der Waals surface area contributed by atoms with Gasteiger partial charge in [0, 0.05) is 26.2 Å². The fourth-order valence-electron chi connectivity index (χ4n) is 3.69. The monoisotopic (exact) mass is 311 g/mol. The van der Waals surface area contributed by atoms with Gasteiger partial charge in [-0.1, -0.05) is 6.42 Å². The number of likely N-dealkylation sites (tertiary alicyclic amines) is 1. The Morgan fingerprint density at radius 2 is 1.94 bits per heavy atom. The van der Waals surface area contributed by atoms with Gasteiger partial charge in [-0.15, -0.1) is 0 Å². The summed E-state index contributed by atoms with van der Waals surface area (Å²) < 4.78 is 3.36. The van der Waals surface area contributed by atoms with Gasteiger partial charge in [0.1, 0.15) is 0 Å². The first-order valence-electron chi connectivity index (χ1n) is 7.13. The van der Waals surface area contributed by atoms with Crippen LogP contribution in [-0.4, -0.2) is 27.8 Å². The molecule has 2 aliphatic rings. The molecule has 1 aliphatic carbocycles. The Balaban J connectivity index is 1.73. The molecule has 0 aromatic carbocycles. The first-order valence-corrected chi connectivity index (χ1v) is 7.92. The van der Waals surface area contributed by atoms with Crippen molar-refractivity contribution >= 4 is 15.9 Å². The summed E-state index contributed by atoms with van der Waals surface area (Å²) in [5.41, 5.74) is 2.47. The summed E-state index contributed by atoms with van der Waals surface area (Å²) in [6.45, 7) is 8.86. The van der Waals surface area contributed by atoms with Gasteiger partial charge in [0.25, 0.3) is 0 Å². The summed E-state index contributed by atoms with van der Waals surface area (Å²) in [7, 11) is 0. The summed E-state index contributed by atoms with van der Waals surface area (Å²) in [4.78, 5) is 2.63. The van der Waals surface area contributed by atoms with Crippen molar-refractivity contribution in [3.05, 3.63) is 15.9 Å². The molecule has 3 rings (SSSR count). The van der Waals surface area contributed by atoms with Crippen LogP contribution in [0.3, 0.4) is 0 Å². The Labute approximate surface area is 118 Å². The van der Waals surface area contributed by atoms with Crippen LogP contribution in [0.25, 0.3) is 0 Å². The summed E-state index contributed by atoms with van der Waals surface area (Å²) in [5, 5.41) is 4.59. The SMILES string of the molecule is CCn1nc(C)c(Br)c1CN1CC2CCCC2C1. The lowest BCUT2D eigenvalue weighted by Crippen LogP contribution is -2.23. The molecule has 100 valence electrons. The van der Waals surface area contributed by atoms with Crippen LogP contribution >= 0.6 is 15.9 Å². The summed E-state index contributed by atoms with van der Waals surface area (Å²) >= 11 is 3.70. The highest BCUT2D eigenvalue weighted by molar-refractivity contribution is 9.10. The van der Waals surface area contributed by atoms with Crippen molar-refractivity contribution in [3.63, 3.8) is 0 Å². The number of hydrogen-bond donors (Lipinski definition) is 0. The van der Waals surface area contributed by atoms with Gasteiger partial charge in [-0.25, -0.2) is 0 Å². The third-order valence-electron chi connectivity index (χ3n) is 4.63. The molecule has 2 heterocycles. The topological polar surface area (TPSA) is 21.1 Å². The summed E-state index contributed by atoms with van der Waals surface area (Å²) in [6.07, 6.45) is 4.36. The molecule has 2 atom stereocenters. The van der Waals surface area contributed by atoms with Crippen molar-refractivity contribution in [1.29, 1.82) is 0 Å². The standard InChI is InChI=1S/C14H22BrN3/c1-3-18-13(14(15)10(2)16-18)9-17-7-11-5-4-6-12(11)8-17/h11-12H,3-9H2,1-2H3. The second-order valence-electron chi connectivity index (χ2n) is 5.81. The van der Waals surface area contributed by atoms with Crippen molar-refractivity contribution in [3.8, 4) is 0 Å². The van der Waals surface area contributed by atoms with E-state index in [1.807, 2.05) is 0 Å². The highest BCUT2D eigenvalue weighted by Gasteiger charge is 2.36. The molecule has 0 spiro atoms. The maximum Gasteiger partial charge on any atom is 0.0739 e. The van der Waals surface area contributed by atoms with Gasteiger partial charge in [-0.3, -0.25) is 9.58 Å². The molecule has 0 radical (unpaired) electrons. The van der Waals surface area contributed by atoms with Gasteiger partial charge in [0.15, 0.2) is 0 Å². The van der Waals surface area contributed by atoms with Crippen molar-refractivity contribution in [2.45, 2.75) is 46.2 Å². The van der Waals surface area contributed by atoms with E-state index in [4.69, 9.17) is 0 Å². The van der Waals surface area contributed by atoms with Gasteiger partial charge in [-0.2, -0.15) is 5.10 Å². The van der Waals surface area contributed by atoms with E-state index >= 15 is 0 Å². The van der Waals surface area contributed by atoms with Gasteiger partial charge in [0.05, 0.1) is 15.9 Å². The van der Waals surface area contributed by atoms with E-state index in [-0.39, 0.29) is 0 Å². The maximum atomic E-state index is 4.59. The third-order valence-corrected chi connectivity index (χ3v) is 5.66. The number of aromatic nitrogens is 2. The van der Waals surface area contributed by atoms with E-state index in [0.29, 0.717) is 0 Å². The van der Waals surface area contributed by atoms with Crippen molar-refractivity contribution in [1.82, 2.24) is 14.7 Å². The fraction of sp³-hybridized carbons (Fsp3) is 0.786. The maximum absolute atomic E-state index is 4.59. The summed E-state index contributed by atoms with van der Waals surface area (Å²) in [5.74, 6) is 1.95. The zero-order valence-electron chi connectivity index (χ0n) is 11.3. The van der Waals surface area contributed by atoms with E-state index < -0.39 is 0 Å². The number of fused-ring (bicyclic) bond motifs is 1. The average molecular weight is 312 g/mol. The zero-order chi connectivity index (χ0) is 12.7. The van der Waals surface area contributed by atoms with Crippen LogP contribution in [0.1, 0.15) is 37.6 Å². The molecule has 2 fully saturated rings. The minimum atomic E-state index is 0.961. The van der Waals surface area contributed by atoms with Crippen LogP contribution in [0.2, 0.25) is 0 Å². The molecule has 0 bridgehead atoms. The van der Waals surface area contributed by atoms with Gasteiger partial charge >= 0.3 is 0 Å². The highest BCUT2D eigenvalue weighted by atomic mass is 79.9. The predicted octanol–water partition coefficient (Wildman–Crippen LogP) is 3.21. The molecule has 1 saturated carbocycles. The van der Waals surface area contributed by atoms with Crippen LogP contribution in [0.4, 0.5) is 0 Å². The first kappa shape index (κ1) is 12.7. The molecule has 0 amide bonds. The molecule has 1 aliphatic heterocycles. The third kappa shape index (κ3) is 2.14. The van der Waals surface area contributed by atoms with Gasteiger partial charge < -0.3 is 0 Å². The number of rotatable bonds is 3. The molecule has 2 unspecified atom stereocenters. The van der Waals surface area contributed by atoms with Gasteiger partial charge in [0.2, 0.25) is 0 Å². The number of hydrogen-bond acceptors (Lipinski definition) is 2. The Morgan fingerprint density at radius 3 is 2.56 bits per heavy atom. The summed E-state index contributed by atoms with van der Waals surface area (Å²) in [6, 6.07) is 0. The lowest BCUT2D eigenvalue weighted by molar-refractivity contribution is 0.292. The van der Waals surface area contributed by atoms with E-state index in [1.165, 1.54) is 42.5 Å². The first-order chi connectivity index (χ1) is 8.69. The molecular weight excluding hydrogens is 290 g/mol. The minimum Gasteiger partial charge on any atom is -0.297 e. The number of aryl methyl sites for hydroxylation is 2. The highest BCUT2D eigenvalue weighted by Crippen LogP contribution is 2.38. The van der Waals surface area contributed by atoms with E-state index in [0.717, 1.165) is 30.6 Å². The Morgan fingerprint density at radius 1 is 1.28 bits per heavy atom. The fourth-order valence-corrected chi connectivity index (χ4v) is 4.10. The second-order valence-corrected chi connectivity index (χ2v) is 6.60. The molecule has 1 saturated heterocycles. The largest absolute Gasteiger partial charge is 0.297 e. The normalized spacial score (nSPS) is 27.9. The molecule has 1 aromatic heterocycles. The Hall–Kier alpha value is -0.350. The van der Waals surface area contributed by atoms with Crippen LogP contribution in [0.15, 0.2) is 4.47 Å². The quantitative estimate of drug-likeness (QED) is 0.854. The molecule has 18 heavy (non-hydrogen) atoms. The van der Waals surface area contributed by atoms with Crippen LogP contribution in [-0.2, 0) is 13.1 Å². The van der Waals surface area contributed by atoms with Crippen LogP contribution in [0.5, 0.6) is 0 Å². The van der Waals surface area contributed by atoms with Crippen molar-refractivity contribution in [2.24, 2.45) is 11.8 Å². The minimum absolute atomic E-state index is 0.961. The van der Waals surface area contributed by atoms with E-state index in [1.54, 1.807) is 0 Å². The molecule has 4 heteroatoms. The number of halogens is 1. The average Bonchev–Trinajstić information content (AvgIpc) is 2.98. The molecule has 0 N–H and O–H groups in total. The number of nitrogens with zero attached hydrogens (tertiary/aromatic N) is 3.